The number of nitrogens with one attached hydrogen (secondary N) is 2. The third-order valence-electron chi connectivity index (χ3n) is 1.47. The normalized spacial score (nSPS) is 28.3. The summed E-state index contributed by atoms with van der Waals surface area (Å²) in [5, 5.41) is 4.44. The lowest BCUT2D eigenvalue weighted by Gasteiger charge is -2.06. The maximum Gasteiger partial charge on any atom is 0.107 e. The van der Waals surface area contributed by atoms with Gasteiger partial charge in [-0.1, -0.05) is 0 Å². The minimum absolute atomic E-state index is 0. The van der Waals surface area contributed by atoms with E-state index in [-0.39, 0.29) is 24.0 Å². The minimum atomic E-state index is 0. The van der Waals surface area contributed by atoms with Crippen LogP contribution in [0.4, 0.5) is 0 Å². The lowest BCUT2D eigenvalue weighted by atomic mass is 10.4. The van der Waals surface area contributed by atoms with Gasteiger partial charge in [0.15, 0.2) is 0 Å². The van der Waals surface area contributed by atoms with Gasteiger partial charge in [0.05, 0.1) is 6.54 Å². The van der Waals surface area contributed by atoms with E-state index in [2.05, 4.69) is 5.32 Å². The molecular weight excluding hydrogens is 229 g/mol. The summed E-state index contributed by atoms with van der Waals surface area (Å²) < 4.78 is 0. The molecule has 4 N–H and O–H groups in total. The molecule has 56 valence electrons. The van der Waals surface area contributed by atoms with Crippen molar-refractivity contribution in [2.75, 3.05) is 26.2 Å². The molecule has 1 atom stereocenters. The van der Waals surface area contributed by atoms with Crippen molar-refractivity contribution in [2.24, 2.45) is 5.84 Å². The summed E-state index contributed by atoms with van der Waals surface area (Å²) in [4.78, 5) is 0. The van der Waals surface area contributed by atoms with Crippen LogP contribution in [0.15, 0.2) is 0 Å². The fourth-order valence-electron chi connectivity index (χ4n) is 0.939. The Morgan fingerprint density at radius 2 is 2.00 bits per heavy atom. The highest BCUT2D eigenvalue weighted by Crippen LogP contribution is 1.70. The Labute approximate surface area is 73.0 Å². The van der Waals surface area contributed by atoms with Crippen molar-refractivity contribution < 1.29 is 29.0 Å². The van der Waals surface area contributed by atoms with Crippen LogP contribution < -0.4 is 40.1 Å². The molecule has 0 saturated carbocycles. The summed E-state index contributed by atoms with van der Waals surface area (Å²) in [6, 6.07) is 0. The second kappa shape index (κ2) is 5.40. The predicted octanol–water partition coefficient (Wildman–Crippen LogP) is -5.26. The maximum absolute atomic E-state index is 5.61. The number of hydrogen-bond donors (Lipinski definition) is 3. The standard InChI is InChI=1S/C5H13N3.HI/c6-8-4-1-2-7-3-5-8;/h7H,1-6H2;1H. The van der Waals surface area contributed by atoms with E-state index in [9.17, 15) is 0 Å². The first-order chi connectivity index (χ1) is 3.89. The van der Waals surface area contributed by atoms with Gasteiger partial charge in [0.25, 0.3) is 0 Å². The van der Waals surface area contributed by atoms with E-state index < -0.39 is 0 Å². The van der Waals surface area contributed by atoms with Crippen molar-refractivity contribution in [3.05, 3.63) is 0 Å². The monoisotopic (exact) mass is 243 g/mol. The molecule has 1 fully saturated rings. The molecule has 0 amide bonds. The summed E-state index contributed by atoms with van der Waals surface area (Å²) in [6.07, 6.45) is 1.21. The van der Waals surface area contributed by atoms with Gasteiger partial charge in [0.2, 0.25) is 0 Å². The molecule has 0 bridgehead atoms. The molecule has 3 nitrogen and oxygen atoms in total. The van der Waals surface area contributed by atoms with Crippen molar-refractivity contribution in [3.8, 4) is 0 Å². The zero-order valence-electron chi connectivity index (χ0n) is 5.49. The van der Waals surface area contributed by atoms with Gasteiger partial charge in [-0.2, -0.15) is 5.84 Å². The fourth-order valence-corrected chi connectivity index (χ4v) is 0.939. The zero-order chi connectivity index (χ0) is 5.82. The van der Waals surface area contributed by atoms with Crippen LogP contribution in [0.25, 0.3) is 0 Å². The molecule has 1 rings (SSSR count). The summed E-state index contributed by atoms with van der Waals surface area (Å²) in [6.45, 7) is 4.40. The summed E-state index contributed by atoms with van der Waals surface area (Å²) in [7, 11) is 0. The van der Waals surface area contributed by atoms with Crippen molar-refractivity contribution in [3.63, 3.8) is 0 Å². The first-order valence-corrected chi connectivity index (χ1v) is 3.20. The third-order valence-corrected chi connectivity index (χ3v) is 1.47. The van der Waals surface area contributed by atoms with Crippen LogP contribution >= 0.6 is 0 Å². The number of halogens is 1. The summed E-state index contributed by atoms with van der Waals surface area (Å²) in [5.74, 6) is 5.61. The van der Waals surface area contributed by atoms with Crippen LogP contribution in [0.1, 0.15) is 6.42 Å². The lowest BCUT2D eigenvalue weighted by molar-refractivity contribution is -0.910. The Hall–Kier alpha value is 0.610. The number of rotatable bonds is 0. The molecule has 0 aromatic rings. The van der Waals surface area contributed by atoms with Gasteiger partial charge in [0, 0.05) is 19.5 Å². The molecule has 0 aliphatic carbocycles. The molecular formula is C5H14IN3. The van der Waals surface area contributed by atoms with Gasteiger partial charge in [-0.05, 0) is 0 Å². The van der Waals surface area contributed by atoms with Crippen LogP contribution in [-0.4, -0.2) is 26.2 Å². The number of nitrogens with two attached hydrogens (primary N) is 1. The molecule has 1 aliphatic heterocycles. The van der Waals surface area contributed by atoms with Crippen LogP contribution in [-0.2, 0) is 0 Å². The Kier molecular flexibility index (Phi) is 5.77. The van der Waals surface area contributed by atoms with E-state index >= 15 is 0 Å². The van der Waals surface area contributed by atoms with Gasteiger partial charge in [-0.15, -0.1) is 0 Å². The highest BCUT2D eigenvalue weighted by Gasteiger charge is 2.04. The number of quaternary nitrogens is 1. The van der Waals surface area contributed by atoms with Crippen molar-refractivity contribution in [2.45, 2.75) is 6.42 Å². The van der Waals surface area contributed by atoms with Crippen LogP contribution in [0.5, 0.6) is 0 Å². The second-order valence-electron chi connectivity index (χ2n) is 2.26. The molecule has 0 radical (unpaired) electrons. The first kappa shape index (κ1) is 9.61. The average Bonchev–Trinajstić information content (AvgIpc) is 1.94. The molecule has 1 heterocycles. The quantitative estimate of drug-likeness (QED) is 0.294. The molecule has 1 unspecified atom stereocenters. The molecule has 0 aromatic heterocycles. The second-order valence-corrected chi connectivity index (χ2v) is 2.26. The molecule has 0 aromatic carbocycles. The third kappa shape index (κ3) is 4.07. The minimum Gasteiger partial charge on any atom is -1.00 e. The highest BCUT2D eigenvalue weighted by molar-refractivity contribution is 4.47. The van der Waals surface area contributed by atoms with E-state index in [4.69, 9.17) is 5.84 Å². The molecule has 4 heteroatoms. The van der Waals surface area contributed by atoms with Crippen molar-refractivity contribution in [1.29, 1.82) is 0 Å². The van der Waals surface area contributed by atoms with E-state index in [0.29, 0.717) is 0 Å². The van der Waals surface area contributed by atoms with Crippen molar-refractivity contribution >= 4 is 0 Å². The summed E-state index contributed by atoms with van der Waals surface area (Å²) in [5.41, 5.74) is 0. The van der Waals surface area contributed by atoms with Crippen LogP contribution in [0.2, 0.25) is 0 Å². The first-order valence-electron chi connectivity index (χ1n) is 3.20. The largest absolute Gasteiger partial charge is 1.00 e. The molecule has 1 saturated heterocycles. The van der Waals surface area contributed by atoms with Gasteiger partial charge < -0.3 is 29.3 Å². The maximum atomic E-state index is 5.61. The Morgan fingerprint density at radius 1 is 1.22 bits per heavy atom. The molecule has 9 heavy (non-hydrogen) atoms. The smallest absolute Gasteiger partial charge is 0.107 e. The Balaban J connectivity index is 0.000000640. The van der Waals surface area contributed by atoms with Gasteiger partial charge in [-0.25, -0.2) is 0 Å². The number of hydrogen-bond acceptors (Lipinski definition) is 2. The summed E-state index contributed by atoms with van der Waals surface area (Å²) >= 11 is 0. The van der Waals surface area contributed by atoms with Crippen LogP contribution in [0.3, 0.4) is 0 Å². The molecule has 0 spiro atoms. The van der Waals surface area contributed by atoms with E-state index in [1.807, 2.05) is 0 Å². The topological polar surface area (TPSA) is 42.5 Å². The molecule has 1 aliphatic rings. The van der Waals surface area contributed by atoms with Crippen LogP contribution in [0, 0.1) is 0 Å². The van der Waals surface area contributed by atoms with E-state index in [1.54, 1.807) is 0 Å². The SMILES string of the molecule is N[NH+]1CCCNCC1.[I-]. The van der Waals surface area contributed by atoms with E-state index in [1.165, 1.54) is 6.42 Å². The lowest BCUT2D eigenvalue weighted by Crippen LogP contribution is -3.18. The Morgan fingerprint density at radius 3 is 2.78 bits per heavy atom. The van der Waals surface area contributed by atoms with Crippen molar-refractivity contribution in [1.82, 2.24) is 5.32 Å². The van der Waals surface area contributed by atoms with Gasteiger partial charge >= 0.3 is 0 Å². The fraction of sp³-hybridized carbons (Fsp3) is 1.00. The Bertz CT molecular complexity index is 61.2. The highest BCUT2D eigenvalue weighted by atomic mass is 127. The van der Waals surface area contributed by atoms with Gasteiger partial charge in [-0.3, -0.25) is 5.01 Å². The predicted molar refractivity (Wildman–Crippen MR) is 32.4 cm³/mol. The van der Waals surface area contributed by atoms with E-state index in [0.717, 1.165) is 31.2 Å². The average molecular weight is 243 g/mol. The zero-order valence-corrected chi connectivity index (χ0v) is 7.65. The van der Waals surface area contributed by atoms with Gasteiger partial charge in [0.1, 0.15) is 6.54 Å².